The van der Waals surface area contributed by atoms with Gasteiger partial charge in [-0.05, 0) is 24.5 Å². The van der Waals surface area contributed by atoms with Crippen LogP contribution in [0.4, 0.5) is 8.78 Å². The molecule has 96 valence electrons. The maximum Gasteiger partial charge on any atom is 0.372 e. The normalized spacial score (nSPS) is 11.4. The SMILES string of the molecule is CC(C)Cc1c(C(=O)O)oc2c(F)ccc(F)c12. The highest BCUT2D eigenvalue weighted by molar-refractivity contribution is 5.95. The molecule has 0 radical (unpaired) electrons. The van der Waals surface area contributed by atoms with E-state index in [-0.39, 0.29) is 28.2 Å². The number of hydrogen-bond acceptors (Lipinski definition) is 2. The van der Waals surface area contributed by atoms with Crippen molar-refractivity contribution in [2.75, 3.05) is 0 Å². The Bertz CT molecular complexity index is 614. The van der Waals surface area contributed by atoms with Crippen molar-refractivity contribution in [2.45, 2.75) is 20.3 Å². The third kappa shape index (κ3) is 1.96. The van der Waals surface area contributed by atoms with E-state index < -0.39 is 17.6 Å². The van der Waals surface area contributed by atoms with E-state index >= 15 is 0 Å². The zero-order valence-corrected chi connectivity index (χ0v) is 9.96. The van der Waals surface area contributed by atoms with Crippen molar-refractivity contribution in [1.82, 2.24) is 0 Å². The minimum Gasteiger partial charge on any atom is -0.475 e. The Kier molecular flexibility index (Phi) is 3.07. The standard InChI is InChI=1S/C13H12F2O3/c1-6(2)5-7-10-8(14)3-4-9(15)12(10)18-11(7)13(16)17/h3-4,6H,5H2,1-2H3,(H,16,17). The van der Waals surface area contributed by atoms with Gasteiger partial charge >= 0.3 is 5.97 Å². The first kappa shape index (κ1) is 12.5. The maximum absolute atomic E-state index is 13.7. The van der Waals surface area contributed by atoms with E-state index in [4.69, 9.17) is 9.52 Å². The van der Waals surface area contributed by atoms with Crippen LogP contribution in [0.3, 0.4) is 0 Å². The average molecular weight is 254 g/mol. The fraction of sp³-hybridized carbons (Fsp3) is 0.308. The van der Waals surface area contributed by atoms with Crippen molar-refractivity contribution < 1.29 is 23.1 Å². The molecule has 0 spiro atoms. The molecule has 0 fully saturated rings. The first-order valence-corrected chi connectivity index (χ1v) is 5.54. The highest BCUT2D eigenvalue weighted by atomic mass is 19.1. The van der Waals surface area contributed by atoms with Crippen molar-refractivity contribution in [3.8, 4) is 0 Å². The lowest BCUT2D eigenvalue weighted by Gasteiger charge is -2.04. The Labute approximate surface area is 102 Å². The van der Waals surface area contributed by atoms with Gasteiger partial charge in [-0.3, -0.25) is 0 Å². The average Bonchev–Trinajstić information content (AvgIpc) is 2.63. The lowest BCUT2D eigenvalue weighted by atomic mass is 9.99. The second-order valence-corrected chi connectivity index (χ2v) is 4.55. The van der Waals surface area contributed by atoms with Gasteiger partial charge in [0, 0.05) is 5.56 Å². The fourth-order valence-corrected chi connectivity index (χ4v) is 1.97. The Balaban J connectivity index is 2.80. The minimum atomic E-state index is -1.32. The molecule has 1 heterocycles. The second kappa shape index (κ2) is 4.40. The van der Waals surface area contributed by atoms with Crippen LogP contribution < -0.4 is 0 Å². The van der Waals surface area contributed by atoms with Gasteiger partial charge in [0.2, 0.25) is 5.76 Å². The molecule has 0 aliphatic heterocycles. The third-order valence-corrected chi connectivity index (χ3v) is 2.65. The summed E-state index contributed by atoms with van der Waals surface area (Å²) in [6.07, 6.45) is 0.314. The van der Waals surface area contributed by atoms with Crippen LogP contribution in [0.2, 0.25) is 0 Å². The molecular weight excluding hydrogens is 242 g/mol. The van der Waals surface area contributed by atoms with Gasteiger partial charge in [-0.15, -0.1) is 0 Å². The van der Waals surface area contributed by atoms with Crippen LogP contribution >= 0.6 is 0 Å². The van der Waals surface area contributed by atoms with Gasteiger partial charge < -0.3 is 9.52 Å². The van der Waals surface area contributed by atoms with Crippen molar-refractivity contribution in [3.05, 3.63) is 35.1 Å². The first-order chi connectivity index (χ1) is 8.41. The van der Waals surface area contributed by atoms with E-state index in [1.807, 2.05) is 13.8 Å². The number of carbonyl (C=O) groups is 1. The van der Waals surface area contributed by atoms with Crippen molar-refractivity contribution >= 4 is 16.9 Å². The monoisotopic (exact) mass is 254 g/mol. The summed E-state index contributed by atoms with van der Waals surface area (Å²) in [4.78, 5) is 11.1. The molecule has 0 bridgehead atoms. The number of carboxylic acid groups (broad SMARTS) is 1. The minimum absolute atomic E-state index is 0.0684. The van der Waals surface area contributed by atoms with Crippen LogP contribution in [-0.4, -0.2) is 11.1 Å². The molecule has 18 heavy (non-hydrogen) atoms. The van der Waals surface area contributed by atoms with Crippen LogP contribution in [-0.2, 0) is 6.42 Å². The Morgan fingerprint density at radius 2 is 1.94 bits per heavy atom. The van der Waals surface area contributed by atoms with Crippen LogP contribution in [0.25, 0.3) is 11.0 Å². The predicted molar refractivity (Wildman–Crippen MR) is 61.6 cm³/mol. The largest absolute Gasteiger partial charge is 0.475 e. The molecular formula is C13H12F2O3. The summed E-state index contributed by atoms with van der Waals surface area (Å²) in [5.41, 5.74) is -0.118. The Morgan fingerprint density at radius 3 is 2.50 bits per heavy atom. The molecule has 0 atom stereocenters. The molecule has 5 heteroatoms. The lowest BCUT2D eigenvalue weighted by molar-refractivity contribution is 0.0663. The lowest BCUT2D eigenvalue weighted by Crippen LogP contribution is -2.02. The van der Waals surface area contributed by atoms with Gasteiger partial charge in [0.05, 0.1) is 5.39 Å². The quantitative estimate of drug-likeness (QED) is 0.910. The zero-order chi connectivity index (χ0) is 13.4. The summed E-state index contributed by atoms with van der Waals surface area (Å²) in [7, 11) is 0. The van der Waals surface area contributed by atoms with Crippen LogP contribution in [0, 0.1) is 17.6 Å². The number of benzene rings is 1. The van der Waals surface area contributed by atoms with E-state index in [1.165, 1.54) is 0 Å². The van der Waals surface area contributed by atoms with Crippen molar-refractivity contribution in [1.29, 1.82) is 0 Å². The van der Waals surface area contributed by atoms with Gasteiger partial charge in [0.15, 0.2) is 11.4 Å². The molecule has 1 N–H and O–H groups in total. The predicted octanol–water partition coefficient (Wildman–Crippen LogP) is 3.61. The molecule has 0 saturated carbocycles. The van der Waals surface area contributed by atoms with Crippen LogP contribution in [0.1, 0.15) is 30.0 Å². The molecule has 0 amide bonds. The van der Waals surface area contributed by atoms with Gasteiger partial charge in [-0.1, -0.05) is 13.8 Å². The van der Waals surface area contributed by atoms with Gasteiger partial charge in [0.1, 0.15) is 5.82 Å². The molecule has 0 aliphatic rings. The maximum atomic E-state index is 13.7. The highest BCUT2D eigenvalue weighted by Crippen LogP contribution is 2.32. The van der Waals surface area contributed by atoms with Crippen molar-refractivity contribution in [3.63, 3.8) is 0 Å². The van der Waals surface area contributed by atoms with E-state index in [1.54, 1.807) is 0 Å². The number of fused-ring (bicyclic) bond motifs is 1. The number of halogens is 2. The summed E-state index contributed by atoms with van der Waals surface area (Å²) >= 11 is 0. The van der Waals surface area contributed by atoms with Crippen molar-refractivity contribution in [2.24, 2.45) is 5.92 Å². The fourth-order valence-electron chi connectivity index (χ4n) is 1.97. The summed E-state index contributed by atoms with van der Waals surface area (Å²) in [6, 6.07) is 1.90. The third-order valence-electron chi connectivity index (χ3n) is 2.65. The molecule has 0 aliphatic carbocycles. The summed E-state index contributed by atoms with van der Waals surface area (Å²) < 4.78 is 32.2. The summed E-state index contributed by atoms with van der Waals surface area (Å²) in [6.45, 7) is 3.73. The van der Waals surface area contributed by atoms with E-state index in [9.17, 15) is 13.6 Å². The molecule has 3 nitrogen and oxygen atoms in total. The number of carboxylic acids is 1. The van der Waals surface area contributed by atoms with E-state index in [2.05, 4.69) is 0 Å². The number of furan rings is 1. The van der Waals surface area contributed by atoms with E-state index in [0.29, 0.717) is 6.42 Å². The Hall–Kier alpha value is -1.91. The van der Waals surface area contributed by atoms with Gasteiger partial charge in [0.25, 0.3) is 0 Å². The molecule has 2 rings (SSSR count). The van der Waals surface area contributed by atoms with Gasteiger partial charge in [-0.2, -0.15) is 0 Å². The highest BCUT2D eigenvalue weighted by Gasteiger charge is 2.24. The Morgan fingerprint density at radius 1 is 1.33 bits per heavy atom. The van der Waals surface area contributed by atoms with Crippen LogP contribution in [0.15, 0.2) is 16.5 Å². The number of hydrogen-bond donors (Lipinski definition) is 1. The first-order valence-electron chi connectivity index (χ1n) is 5.54. The number of aromatic carboxylic acids is 1. The van der Waals surface area contributed by atoms with Crippen LogP contribution in [0.5, 0.6) is 0 Å². The topological polar surface area (TPSA) is 50.4 Å². The summed E-state index contributed by atoms with van der Waals surface area (Å²) in [5, 5.41) is 8.95. The van der Waals surface area contributed by atoms with E-state index in [0.717, 1.165) is 12.1 Å². The van der Waals surface area contributed by atoms with Gasteiger partial charge in [-0.25, -0.2) is 13.6 Å². The second-order valence-electron chi connectivity index (χ2n) is 4.55. The molecule has 2 aromatic rings. The number of rotatable bonds is 3. The molecule has 0 saturated heterocycles. The molecule has 1 aromatic heterocycles. The summed E-state index contributed by atoms with van der Waals surface area (Å²) in [5.74, 6) is -3.03. The zero-order valence-electron chi connectivity index (χ0n) is 9.96. The molecule has 0 unspecified atom stereocenters. The smallest absolute Gasteiger partial charge is 0.372 e. The molecule has 1 aromatic carbocycles.